The van der Waals surface area contributed by atoms with Crippen LogP contribution in [0.5, 0.6) is 11.5 Å². The smallest absolute Gasteiger partial charge is 0.256 e. The summed E-state index contributed by atoms with van der Waals surface area (Å²) in [6.45, 7) is 5.06. The zero-order valence-corrected chi connectivity index (χ0v) is 19.8. The number of carbonyl (C=O) groups is 1. The molecule has 0 unspecified atom stereocenters. The quantitative estimate of drug-likeness (QED) is 0.399. The number of benzene rings is 1. The van der Waals surface area contributed by atoms with Gasteiger partial charge in [0.25, 0.3) is 5.91 Å². The van der Waals surface area contributed by atoms with Gasteiger partial charge in [-0.15, -0.1) is 0 Å². The summed E-state index contributed by atoms with van der Waals surface area (Å²) in [5, 5.41) is 8.12. The largest absolute Gasteiger partial charge is 0.486 e. The number of carbonyl (C=O) groups excluding carboxylic acids is 1. The maximum atomic E-state index is 13.5. The Morgan fingerprint density at radius 1 is 1.06 bits per heavy atom. The van der Waals surface area contributed by atoms with Gasteiger partial charge in [-0.3, -0.25) is 9.36 Å². The Bertz CT molecular complexity index is 1560. The SMILES string of the molecule is CC(C)n1ncc2c(C(=O)Nc3ccc(-n4ccnc4)nc3)cc(-c3ccc4c(c3)OCCO4)nc21. The highest BCUT2D eigenvalue weighted by molar-refractivity contribution is 6.12. The fraction of sp³-hybridized carbons (Fsp3) is 0.192. The molecule has 36 heavy (non-hydrogen) atoms. The third kappa shape index (κ3) is 3.92. The van der Waals surface area contributed by atoms with E-state index in [-0.39, 0.29) is 11.9 Å². The summed E-state index contributed by atoms with van der Waals surface area (Å²) < 4.78 is 15.0. The van der Waals surface area contributed by atoms with E-state index < -0.39 is 0 Å². The molecule has 1 aliphatic rings. The molecular weight excluding hydrogens is 458 g/mol. The van der Waals surface area contributed by atoms with Gasteiger partial charge < -0.3 is 14.8 Å². The molecule has 0 bridgehead atoms. The Morgan fingerprint density at radius 2 is 1.92 bits per heavy atom. The summed E-state index contributed by atoms with van der Waals surface area (Å²) >= 11 is 0. The first-order chi connectivity index (χ1) is 17.6. The summed E-state index contributed by atoms with van der Waals surface area (Å²) in [6.07, 6.45) is 8.46. The van der Waals surface area contributed by atoms with E-state index in [4.69, 9.17) is 14.5 Å². The molecule has 1 N–H and O–H groups in total. The second-order valence-electron chi connectivity index (χ2n) is 8.66. The fourth-order valence-electron chi connectivity index (χ4n) is 4.14. The molecule has 6 rings (SSSR count). The van der Waals surface area contributed by atoms with Crippen molar-refractivity contribution >= 4 is 22.6 Å². The number of hydrogen-bond acceptors (Lipinski definition) is 7. The lowest BCUT2D eigenvalue weighted by molar-refractivity contribution is 0.102. The number of ether oxygens (including phenoxy) is 2. The van der Waals surface area contributed by atoms with Crippen molar-refractivity contribution in [1.29, 1.82) is 0 Å². The first-order valence-electron chi connectivity index (χ1n) is 11.6. The minimum Gasteiger partial charge on any atom is -0.486 e. The van der Waals surface area contributed by atoms with Gasteiger partial charge >= 0.3 is 0 Å². The molecule has 0 saturated heterocycles. The number of fused-ring (bicyclic) bond motifs is 2. The Hall–Kier alpha value is -4.73. The maximum absolute atomic E-state index is 13.5. The molecule has 10 nitrogen and oxygen atoms in total. The lowest BCUT2D eigenvalue weighted by atomic mass is 10.1. The summed E-state index contributed by atoms with van der Waals surface area (Å²) in [4.78, 5) is 26.8. The number of nitrogens with one attached hydrogen (secondary N) is 1. The van der Waals surface area contributed by atoms with Crippen molar-refractivity contribution in [3.63, 3.8) is 0 Å². The van der Waals surface area contributed by atoms with Gasteiger partial charge in [0.15, 0.2) is 17.1 Å². The number of aromatic nitrogens is 6. The number of hydrogen-bond donors (Lipinski definition) is 1. The van der Waals surface area contributed by atoms with Crippen molar-refractivity contribution in [3.8, 4) is 28.6 Å². The van der Waals surface area contributed by atoms with Gasteiger partial charge in [0.2, 0.25) is 0 Å². The highest BCUT2D eigenvalue weighted by Gasteiger charge is 2.20. The van der Waals surface area contributed by atoms with Gasteiger partial charge in [-0.1, -0.05) is 0 Å². The molecule has 180 valence electrons. The van der Waals surface area contributed by atoms with Gasteiger partial charge in [-0.25, -0.2) is 19.6 Å². The van der Waals surface area contributed by atoms with Crippen LogP contribution in [0.2, 0.25) is 0 Å². The lowest BCUT2D eigenvalue weighted by Crippen LogP contribution is -2.15. The van der Waals surface area contributed by atoms with Gasteiger partial charge in [-0.05, 0) is 50.2 Å². The molecule has 1 amide bonds. The van der Waals surface area contributed by atoms with E-state index >= 15 is 0 Å². The molecule has 5 heterocycles. The Balaban J connectivity index is 1.38. The van der Waals surface area contributed by atoms with Crippen molar-refractivity contribution in [2.24, 2.45) is 0 Å². The van der Waals surface area contributed by atoms with Crippen LogP contribution in [-0.4, -0.2) is 48.4 Å². The molecule has 5 aromatic rings. The predicted octanol–water partition coefficient (Wildman–Crippen LogP) is 4.28. The van der Waals surface area contributed by atoms with Crippen molar-refractivity contribution < 1.29 is 14.3 Å². The van der Waals surface area contributed by atoms with Gasteiger partial charge in [-0.2, -0.15) is 5.10 Å². The van der Waals surface area contributed by atoms with Crippen molar-refractivity contribution in [2.45, 2.75) is 19.9 Å². The summed E-state index contributed by atoms with van der Waals surface area (Å²) in [5.74, 6) is 1.79. The van der Waals surface area contributed by atoms with E-state index in [2.05, 4.69) is 20.4 Å². The normalized spacial score (nSPS) is 12.8. The second kappa shape index (κ2) is 8.81. The van der Waals surface area contributed by atoms with Crippen LogP contribution in [0, 0.1) is 0 Å². The van der Waals surface area contributed by atoms with E-state index in [1.54, 1.807) is 47.8 Å². The van der Waals surface area contributed by atoms with Crippen LogP contribution >= 0.6 is 0 Å². The zero-order valence-electron chi connectivity index (χ0n) is 19.8. The Kier molecular flexibility index (Phi) is 5.33. The second-order valence-corrected chi connectivity index (χ2v) is 8.66. The Labute approximate surface area is 206 Å². The molecule has 0 aliphatic carbocycles. The highest BCUT2D eigenvalue weighted by atomic mass is 16.6. The monoisotopic (exact) mass is 481 g/mol. The number of nitrogens with zero attached hydrogens (tertiary/aromatic N) is 6. The number of anilines is 1. The molecule has 1 aromatic carbocycles. The zero-order chi connectivity index (χ0) is 24.6. The fourth-order valence-corrected chi connectivity index (χ4v) is 4.14. The van der Waals surface area contributed by atoms with E-state index in [0.29, 0.717) is 58.5 Å². The number of rotatable bonds is 5. The molecule has 0 fully saturated rings. The van der Waals surface area contributed by atoms with Crippen LogP contribution in [0.25, 0.3) is 28.1 Å². The average molecular weight is 482 g/mol. The number of pyridine rings is 2. The molecule has 0 atom stereocenters. The van der Waals surface area contributed by atoms with Crippen LogP contribution in [-0.2, 0) is 0 Å². The van der Waals surface area contributed by atoms with Crippen LogP contribution in [0.1, 0.15) is 30.2 Å². The van der Waals surface area contributed by atoms with Crippen molar-refractivity contribution in [1.82, 2.24) is 29.3 Å². The standard InChI is InChI=1S/C26H23N7O3/c1-16(2)33-25-20(14-29-33)19(12-21(31-25)17-3-5-22-23(11-17)36-10-9-35-22)26(34)30-18-4-6-24(28-13-18)32-8-7-27-15-32/h3-8,11-16H,9-10H2,1-2H3,(H,30,34). The first-order valence-corrected chi connectivity index (χ1v) is 11.6. The minimum absolute atomic E-state index is 0.0707. The van der Waals surface area contributed by atoms with Crippen LogP contribution < -0.4 is 14.8 Å². The van der Waals surface area contributed by atoms with Crippen molar-refractivity contribution in [2.75, 3.05) is 18.5 Å². The molecule has 10 heteroatoms. The van der Waals surface area contributed by atoms with Gasteiger partial charge in [0.05, 0.1) is 34.7 Å². The molecular formula is C26H23N7O3. The van der Waals surface area contributed by atoms with Crippen molar-refractivity contribution in [3.05, 3.63) is 73.1 Å². The van der Waals surface area contributed by atoms with E-state index in [0.717, 1.165) is 5.56 Å². The maximum Gasteiger partial charge on any atom is 0.256 e. The molecule has 0 spiro atoms. The summed E-state index contributed by atoms with van der Waals surface area (Å²) in [7, 11) is 0. The average Bonchev–Trinajstić information content (AvgIpc) is 3.59. The lowest BCUT2D eigenvalue weighted by Gasteiger charge is -2.19. The van der Waals surface area contributed by atoms with Crippen LogP contribution in [0.4, 0.5) is 5.69 Å². The Morgan fingerprint density at radius 3 is 2.67 bits per heavy atom. The van der Waals surface area contributed by atoms with Crippen LogP contribution in [0.3, 0.4) is 0 Å². The molecule has 0 saturated carbocycles. The van der Waals surface area contributed by atoms with E-state index in [1.807, 2.05) is 42.8 Å². The van der Waals surface area contributed by atoms with Gasteiger partial charge in [0, 0.05) is 24.0 Å². The third-order valence-corrected chi connectivity index (χ3v) is 5.91. The first kappa shape index (κ1) is 21.8. The summed E-state index contributed by atoms with van der Waals surface area (Å²) in [5.41, 5.74) is 3.14. The number of imidazole rings is 1. The highest BCUT2D eigenvalue weighted by Crippen LogP contribution is 2.35. The van der Waals surface area contributed by atoms with Gasteiger partial charge in [0.1, 0.15) is 25.4 Å². The minimum atomic E-state index is -0.276. The van der Waals surface area contributed by atoms with Crippen LogP contribution in [0.15, 0.2) is 67.5 Å². The molecule has 1 aliphatic heterocycles. The molecule has 0 radical (unpaired) electrons. The van der Waals surface area contributed by atoms with E-state index in [9.17, 15) is 4.79 Å². The topological polar surface area (TPSA) is 109 Å². The number of amides is 1. The predicted molar refractivity (Wildman–Crippen MR) is 134 cm³/mol. The van der Waals surface area contributed by atoms with E-state index in [1.165, 1.54) is 0 Å². The third-order valence-electron chi connectivity index (χ3n) is 5.91. The summed E-state index contributed by atoms with van der Waals surface area (Å²) in [6, 6.07) is 11.1. The molecule has 4 aromatic heterocycles.